The van der Waals surface area contributed by atoms with E-state index < -0.39 is 0 Å². The minimum absolute atomic E-state index is 0.234. The molecule has 1 aromatic carbocycles. The van der Waals surface area contributed by atoms with Gasteiger partial charge in [-0.25, -0.2) is 9.61 Å². The zero-order chi connectivity index (χ0) is 20.5. The van der Waals surface area contributed by atoms with Crippen LogP contribution in [0, 0.1) is 0 Å². The Balaban J connectivity index is 1.73. The molecule has 4 aromatic rings. The van der Waals surface area contributed by atoms with E-state index in [9.17, 15) is 0 Å². The van der Waals surface area contributed by atoms with Gasteiger partial charge in [-0.3, -0.25) is 9.88 Å². The van der Waals surface area contributed by atoms with E-state index in [2.05, 4.69) is 44.2 Å². The number of nitrogens with zero attached hydrogens (tertiary/aromatic N) is 6. The van der Waals surface area contributed by atoms with Crippen LogP contribution in [0.4, 0.5) is 5.82 Å². The van der Waals surface area contributed by atoms with Gasteiger partial charge in [-0.05, 0) is 17.2 Å². The van der Waals surface area contributed by atoms with Crippen LogP contribution >= 0.6 is 0 Å². The van der Waals surface area contributed by atoms with Crippen molar-refractivity contribution in [3.63, 3.8) is 0 Å². The van der Waals surface area contributed by atoms with Crippen molar-refractivity contribution in [2.45, 2.75) is 20.0 Å². The molecule has 0 atom stereocenters. The Hall–Kier alpha value is -3.30. The smallest absolute Gasteiger partial charge is 0.199 e. The number of nitrogens with one attached hydrogen (secondary N) is 1. The highest BCUT2D eigenvalue weighted by molar-refractivity contribution is 5.94. The molecule has 0 spiro atoms. The van der Waals surface area contributed by atoms with Crippen molar-refractivity contribution in [3.05, 3.63) is 42.1 Å². The summed E-state index contributed by atoms with van der Waals surface area (Å²) in [5, 5.41) is 11.2. The van der Waals surface area contributed by atoms with E-state index in [1.165, 1.54) is 0 Å². The Bertz CT molecular complexity index is 1160. The molecular weight excluding hydrogens is 380 g/mol. The van der Waals surface area contributed by atoms with Gasteiger partial charge in [0, 0.05) is 56.6 Å². The minimum Gasteiger partial charge on any atom is -0.379 e. The van der Waals surface area contributed by atoms with Gasteiger partial charge < -0.3 is 15.6 Å². The molecule has 5 rings (SSSR count). The first-order chi connectivity index (χ1) is 14.8. The molecule has 0 amide bonds. The highest BCUT2D eigenvalue weighted by atomic mass is 16.6. The number of hydrogen-bond donors (Lipinski definition) is 2. The average Bonchev–Trinajstić information content (AvgIpc) is 3.38. The van der Waals surface area contributed by atoms with E-state index >= 15 is 0 Å². The lowest BCUT2D eigenvalue weighted by atomic mass is 10.1. The SMILES string of the molecule is CCn1c(-c2nonc2N)nc2c(-c3ccccc3)ncc(CN3CCNCC3)c21. The molecule has 9 heteroatoms. The highest BCUT2D eigenvalue weighted by Crippen LogP contribution is 2.34. The number of aryl methyl sites for hydroxylation is 1. The predicted molar refractivity (Wildman–Crippen MR) is 114 cm³/mol. The predicted octanol–water partition coefficient (Wildman–Crippen LogP) is 2.16. The molecule has 1 saturated heterocycles. The summed E-state index contributed by atoms with van der Waals surface area (Å²) in [4.78, 5) is 12.2. The first kappa shape index (κ1) is 18.7. The molecule has 0 saturated carbocycles. The lowest BCUT2D eigenvalue weighted by Crippen LogP contribution is -2.42. The molecule has 4 heterocycles. The van der Waals surface area contributed by atoms with Crippen LogP contribution in [0.1, 0.15) is 12.5 Å². The molecule has 1 fully saturated rings. The number of hydrogen-bond acceptors (Lipinski definition) is 8. The fourth-order valence-electron chi connectivity index (χ4n) is 4.08. The maximum Gasteiger partial charge on any atom is 0.199 e. The number of nitrogens with two attached hydrogens (primary N) is 1. The van der Waals surface area contributed by atoms with Crippen molar-refractivity contribution in [2.24, 2.45) is 0 Å². The Labute approximate surface area is 173 Å². The van der Waals surface area contributed by atoms with Gasteiger partial charge in [-0.15, -0.1) is 0 Å². The third-order valence-corrected chi connectivity index (χ3v) is 5.54. The molecule has 1 aliphatic heterocycles. The standard InChI is InChI=1S/C21H24N8O/c1-2-29-19-15(13-28-10-8-23-9-11-28)12-24-16(14-6-4-3-5-7-14)17(19)25-21(29)18-20(22)27-30-26-18/h3-7,12,23H,2,8-11,13H2,1H3,(H2,22,27). The Morgan fingerprint density at radius 2 is 1.90 bits per heavy atom. The second-order valence-electron chi connectivity index (χ2n) is 7.40. The van der Waals surface area contributed by atoms with Crippen molar-refractivity contribution in [1.82, 2.24) is 35.1 Å². The van der Waals surface area contributed by atoms with Crippen LogP contribution in [0.25, 0.3) is 33.8 Å². The van der Waals surface area contributed by atoms with Crippen LogP contribution < -0.4 is 11.1 Å². The van der Waals surface area contributed by atoms with Crippen molar-refractivity contribution in [3.8, 4) is 22.8 Å². The number of benzene rings is 1. The van der Waals surface area contributed by atoms with Gasteiger partial charge in [0.05, 0.1) is 11.2 Å². The molecule has 0 bridgehead atoms. The molecule has 3 N–H and O–H groups in total. The van der Waals surface area contributed by atoms with E-state index in [0.29, 0.717) is 18.1 Å². The first-order valence-corrected chi connectivity index (χ1v) is 10.2. The molecule has 0 unspecified atom stereocenters. The van der Waals surface area contributed by atoms with Gasteiger partial charge >= 0.3 is 0 Å². The maximum atomic E-state index is 6.00. The van der Waals surface area contributed by atoms with Gasteiger partial charge in [-0.2, -0.15) is 0 Å². The fraction of sp³-hybridized carbons (Fsp3) is 0.333. The number of nitrogen functional groups attached to an aromatic ring is 1. The normalized spacial score (nSPS) is 15.1. The summed E-state index contributed by atoms with van der Waals surface area (Å²) < 4.78 is 6.99. The molecular formula is C21H24N8O. The molecule has 0 aliphatic carbocycles. The number of rotatable bonds is 5. The lowest BCUT2D eigenvalue weighted by Gasteiger charge is -2.27. The number of piperazine rings is 1. The fourth-order valence-corrected chi connectivity index (χ4v) is 4.08. The number of fused-ring (bicyclic) bond motifs is 1. The van der Waals surface area contributed by atoms with Crippen LogP contribution in [0.3, 0.4) is 0 Å². The third-order valence-electron chi connectivity index (χ3n) is 5.54. The summed E-state index contributed by atoms with van der Waals surface area (Å²) in [5.41, 5.74) is 11.4. The number of imidazole rings is 1. The zero-order valence-corrected chi connectivity index (χ0v) is 16.9. The van der Waals surface area contributed by atoms with Gasteiger partial charge in [-0.1, -0.05) is 30.3 Å². The lowest BCUT2D eigenvalue weighted by molar-refractivity contribution is 0.233. The molecule has 3 aromatic heterocycles. The number of pyridine rings is 1. The van der Waals surface area contributed by atoms with Gasteiger partial charge in [0.2, 0.25) is 0 Å². The molecule has 30 heavy (non-hydrogen) atoms. The second-order valence-corrected chi connectivity index (χ2v) is 7.40. The van der Waals surface area contributed by atoms with Gasteiger partial charge in [0.25, 0.3) is 0 Å². The second kappa shape index (κ2) is 7.85. The van der Waals surface area contributed by atoms with Gasteiger partial charge in [0.15, 0.2) is 17.3 Å². The van der Waals surface area contributed by atoms with Gasteiger partial charge in [0.1, 0.15) is 5.52 Å². The monoisotopic (exact) mass is 404 g/mol. The topological polar surface area (TPSA) is 111 Å². The zero-order valence-electron chi connectivity index (χ0n) is 16.9. The highest BCUT2D eigenvalue weighted by Gasteiger charge is 2.24. The molecule has 0 radical (unpaired) electrons. The van der Waals surface area contributed by atoms with E-state index in [0.717, 1.165) is 60.6 Å². The summed E-state index contributed by atoms with van der Waals surface area (Å²) in [7, 11) is 0. The minimum atomic E-state index is 0.234. The van der Waals surface area contributed by atoms with E-state index in [1.54, 1.807) is 0 Å². The number of anilines is 1. The molecule has 9 nitrogen and oxygen atoms in total. The summed E-state index contributed by atoms with van der Waals surface area (Å²) in [6.07, 6.45) is 1.98. The van der Waals surface area contributed by atoms with Crippen LogP contribution in [0.2, 0.25) is 0 Å². The molecule has 1 aliphatic rings. The summed E-state index contributed by atoms with van der Waals surface area (Å²) in [6.45, 7) is 7.63. The van der Waals surface area contributed by atoms with Crippen molar-refractivity contribution in [2.75, 3.05) is 31.9 Å². The maximum absolute atomic E-state index is 6.00. The van der Waals surface area contributed by atoms with Crippen molar-refractivity contribution in [1.29, 1.82) is 0 Å². The van der Waals surface area contributed by atoms with Crippen molar-refractivity contribution < 1.29 is 4.63 Å². The van der Waals surface area contributed by atoms with Crippen LogP contribution in [-0.4, -0.2) is 55.9 Å². The number of aromatic nitrogens is 5. The Kier molecular flexibility index (Phi) is 4.89. The molecule has 154 valence electrons. The van der Waals surface area contributed by atoms with Crippen LogP contribution in [-0.2, 0) is 13.1 Å². The Morgan fingerprint density at radius 1 is 1.10 bits per heavy atom. The summed E-state index contributed by atoms with van der Waals surface area (Å²) in [5.74, 6) is 0.885. The van der Waals surface area contributed by atoms with Crippen LogP contribution in [0.15, 0.2) is 41.2 Å². The van der Waals surface area contributed by atoms with E-state index in [-0.39, 0.29) is 5.82 Å². The van der Waals surface area contributed by atoms with Crippen LogP contribution in [0.5, 0.6) is 0 Å². The Morgan fingerprint density at radius 3 is 2.60 bits per heavy atom. The van der Waals surface area contributed by atoms with E-state index in [1.807, 2.05) is 24.4 Å². The summed E-state index contributed by atoms with van der Waals surface area (Å²) in [6, 6.07) is 10.1. The summed E-state index contributed by atoms with van der Waals surface area (Å²) >= 11 is 0. The third kappa shape index (κ3) is 3.21. The van der Waals surface area contributed by atoms with Crippen molar-refractivity contribution >= 4 is 16.9 Å². The average molecular weight is 404 g/mol. The largest absolute Gasteiger partial charge is 0.379 e. The van der Waals surface area contributed by atoms with E-state index in [4.69, 9.17) is 20.3 Å². The quantitative estimate of drug-likeness (QED) is 0.521. The first-order valence-electron chi connectivity index (χ1n) is 10.2.